The Morgan fingerprint density at radius 3 is 2.35 bits per heavy atom. The summed E-state index contributed by atoms with van der Waals surface area (Å²) in [4.78, 5) is 12.5. The van der Waals surface area contributed by atoms with Crippen molar-refractivity contribution in [2.75, 3.05) is 0 Å². The van der Waals surface area contributed by atoms with Crippen LogP contribution in [0.5, 0.6) is 0 Å². The summed E-state index contributed by atoms with van der Waals surface area (Å²) in [6.07, 6.45) is 0. The second-order valence-electron chi connectivity index (χ2n) is 4.10. The maximum absolute atomic E-state index is 12.5. The fraction of sp³-hybridized carbons (Fsp3) is 0.0667. The lowest BCUT2D eigenvalue weighted by molar-refractivity contribution is 0.0978. The molecule has 0 aliphatic carbocycles. The molecule has 0 radical (unpaired) electrons. The molecule has 2 aromatic carbocycles. The van der Waals surface area contributed by atoms with Crippen molar-refractivity contribution >= 4 is 49.2 Å². The number of nitrogens with zero attached hydrogens (tertiary/aromatic N) is 1. The van der Waals surface area contributed by atoms with E-state index in [0.29, 0.717) is 20.6 Å². The minimum Gasteiger partial charge on any atom is -0.292 e. The van der Waals surface area contributed by atoms with Gasteiger partial charge in [-0.1, -0.05) is 39.7 Å². The molecule has 0 heterocycles. The van der Waals surface area contributed by atoms with E-state index < -0.39 is 5.92 Å². The number of Topliss-reactive ketones (excluding diaryl/α,β-unsaturated/α-hetero) is 1. The van der Waals surface area contributed by atoms with E-state index in [4.69, 9.17) is 11.6 Å². The molecule has 1 unspecified atom stereocenters. The van der Waals surface area contributed by atoms with E-state index in [9.17, 15) is 10.1 Å². The summed E-state index contributed by atoms with van der Waals surface area (Å²) < 4.78 is 1.49. The van der Waals surface area contributed by atoms with Gasteiger partial charge in [0, 0.05) is 19.5 Å². The van der Waals surface area contributed by atoms with Crippen molar-refractivity contribution in [2.45, 2.75) is 5.92 Å². The zero-order chi connectivity index (χ0) is 14.7. The Hall–Kier alpha value is -1.15. The van der Waals surface area contributed by atoms with Crippen LogP contribution in [0.1, 0.15) is 21.8 Å². The monoisotopic (exact) mass is 411 g/mol. The predicted octanol–water partition coefficient (Wildman–Crippen LogP) is 5.36. The second kappa shape index (κ2) is 6.53. The van der Waals surface area contributed by atoms with Crippen LogP contribution in [-0.2, 0) is 0 Å². The molecular formula is C15H8Br2ClNO. The molecule has 0 bridgehead atoms. The molecule has 100 valence electrons. The quantitative estimate of drug-likeness (QED) is 0.636. The zero-order valence-electron chi connectivity index (χ0n) is 10.1. The van der Waals surface area contributed by atoms with Crippen LogP contribution < -0.4 is 0 Å². The summed E-state index contributed by atoms with van der Waals surface area (Å²) in [5, 5.41) is 9.83. The topological polar surface area (TPSA) is 40.9 Å². The molecule has 2 aromatic rings. The number of carbonyl (C=O) groups is 1. The highest BCUT2D eigenvalue weighted by Crippen LogP contribution is 2.28. The van der Waals surface area contributed by atoms with E-state index in [1.165, 1.54) is 0 Å². The predicted molar refractivity (Wildman–Crippen MR) is 86.0 cm³/mol. The number of hydrogen-bond acceptors (Lipinski definition) is 2. The Morgan fingerprint density at radius 1 is 1.15 bits per heavy atom. The molecule has 0 aliphatic heterocycles. The van der Waals surface area contributed by atoms with Crippen LogP contribution in [0.2, 0.25) is 5.02 Å². The third-order valence-corrected chi connectivity index (χ3v) is 4.21. The first kappa shape index (κ1) is 15.2. The van der Waals surface area contributed by atoms with E-state index in [0.717, 1.165) is 4.47 Å². The number of hydrogen-bond donors (Lipinski definition) is 0. The average molecular weight is 413 g/mol. The summed E-state index contributed by atoms with van der Waals surface area (Å²) in [5.74, 6) is -1.08. The Labute approximate surface area is 138 Å². The first-order chi connectivity index (χ1) is 9.52. The minimum atomic E-state index is -0.833. The Morgan fingerprint density at radius 2 is 1.80 bits per heavy atom. The van der Waals surface area contributed by atoms with Crippen LogP contribution in [0.3, 0.4) is 0 Å². The summed E-state index contributed by atoms with van der Waals surface area (Å²) in [5.41, 5.74) is 1.12. The Balaban J connectivity index is 2.39. The fourth-order valence-corrected chi connectivity index (χ4v) is 2.93. The van der Waals surface area contributed by atoms with Crippen LogP contribution in [0.4, 0.5) is 0 Å². The fourth-order valence-electron chi connectivity index (χ4n) is 1.78. The summed E-state index contributed by atoms with van der Waals surface area (Å²) in [6, 6.07) is 14.1. The molecule has 5 heteroatoms. The number of halogens is 3. The molecule has 0 aliphatic rings. The smallest absolute Gasteiger partial charge is 0.185 e. The molecule has 0 fully saturated rings. The van der Waals surface area contributed by atoms with E-state index in [-0.39, 0.29) is 5.78 Å². The van der Waals surface area contributed by atoms with Crippen molar-refractivity contribution in [1.29, 1.82) is 5.26 Å². The number of benzene rings is 2. The lowest BCUT2D eigenvalue weighted by atomic mass is 9.92. The molecule has 0 saturated heterocycles. The molecule has 20 heavy (non-hydrogen) atoms. The van der Waals surface area contributed by atoms with Gasteiger partial charge in [-0.3, -0.25) is 4.79 Å². The van der Waals surface area contributed by atoms with Gasteiger partial charge < -0.3 is 0 Å². The summed E-state index contributed by atoms with van der Waals surface area (Å²) in [6.45, 7) is 0. The Kier molecular flexibility index (Phi) is 4.98. The normalized spacial score (nSPS) is 11.7. The van der Waals surface area contributed by atoms with Crippen molar-refractivity contribution in [3.63, 3.8) is 0 Å². The Bertz CT molecular complexity index is 692. The van der Waals surface area contributed by atoms with Crippen molar-refractivity contribution in [3.8, 4) is 6.07 Å². The molecule has 0 amide bonds. The SMILES string of the molecule is N#CC(C(=O)c1ccc(Cl)cc1Br)c1ccc(Br)cc1. The molecule has 2 rings (SSSR count). The average Bonchev–Trinajstić information content (AvgIpc) is 2.41. The van der Waals surface area contributed by atoms with Gasteiger partial charge in [-0.05, 0) is 51.8 Å². The van der Waals surface area contributed by atoms with Gasteiger partial charge in [0.25, 0.3) is 0 Å². The molecule has 0 aromatic heterocycles. The summed E-state index contributed by atoms with van der Waals surface area (Å²) in [7, 11) is 0. The first-order valence-electron chi connectivity index (χ1n) is 5.67. The van der Waals surface area contributed by atoms with Crippen LogP contribution in [0, 0.1) is 11.3 Å². The number of carbonyl (C=O) groups excluding carboxylic acids is 1. The standard InChI is InChI=1S/C15H8Br2ClNO/c16-10-3-1-9(2-4-10)13(8-19)15(20)12-6-5-11(18)7-14(12)17/h1-7,13H. The third-order valence-electron chi connectivity index (χ3n) is 2.79. The highest BCUT2D eigenvalue weighted by Gasteiger charge is 2.23. The third kappa shape index (κ3) is 3.29. The van der Waals surface area contributed by atoms with E-state index in [1.807, 2.05) is 12.1 Å². The molecule has 2 nitrogen and oxygen atoms in total. The van der Waals surface area contributed by atoms with Gasteiger partial charge in [-0.25, -0.2) is 0 Å². The lowest BCUT2D eigenvalue weighted by Crippen LogP contribution is -2.11. The number of ketones is 1. The van der Waals surface area contributed by atoms with Crippen molar-refractivity contribution in [2.24, 2.45) is 0 Å². The minimum absolute atomic E-state index is 0.252. The van der Waals surface area contributed by atoms with Gasteiger partial charge in [0.2, 0.25) is 0 Å². The highest BCUT2D eigenvalue weighted by atomic mass is 79.9. The van der Waals surface area contributed by atoms with Gasteiger partial charge in [0.05, 0.1) is 6.07 Å². The molecule has 0 saturated carbocycles. The van der Waals surface area contributed by atoms with Crippen molar-refractivity contribution in [3.05, 3.63) is 67.6 Å². The maximum Gasteiger partial charge on any atom is 0.185 e. The van der Waals surface area contributed by atoms with Crippen LogP contribution in [-0.4, -0.2) is 5.78 Å². The van der Waals surface area contributed by atoms with E-state index >= 15 is 0 Å². The van der Waals surface area contributed by atoms with Crippen LogP contribution >= 0.6 is 43.5 Å². The van der Waals surface area contributed by atoms with Crippen molar-refractivity contribution in [1.82, 2.24) is 0 Å². The molecule has 0 N–H and O–H groups in total. The van der Waals surface area contributed by atoms with Gasteiger partial charge in [0.1, 0.15) is 5.92 Å². The maximum atomic E-state index is 12.5. The lowest BCUT2D eigenvalue weighted by Gasteiger charge is -2.10. The molecular weight excluding hydrogens is 405 g/mol. The van der Waals surface area contributed by atoms with Crippen molar-refractivity contribution < 1.29 is 4.79 Å². The molecule has 0 spiro atoms. The van der Waals surface area contributed by atoms with Gasteiger partial charge in [-0.15, -0.1) is 0 Å². The number of nitriles is 1. The molecule has 1 atom stereocenters. The largest absolute Gasteiger partial charge is 0.292 e. The zero-order valence-corrected chi connectivity index (χ0v) is 14.0. The van der Waals surface area contributed by atoms with Crippen LogP contribution in [0.15, 0.2) is 51.4 Å². The van der Waals surface area contributed by atoms with Gasteiger partial charge in [-0.2, -0.15) is 5.26 Å². The number of rotatable bonds is 3. The second-order valence-corrected chi connectivity index (χ2v) is 6.31. The van der Waals surface area contributed by atoms with Gasteiger partial charge in [0.15, 0.2) is 5.78 Å². The highest BCUT2D eigenvalue weighted by molar-refractivity contribution is 9.10. The summed E-state index contributed by atoms with van der Waals surface area (Å²) >= 11 is 12.5. The van der Waals surface area contributed by atoms with E-state index in [1.54, 1.807) is 30.3 Å². The van der Waals surface area contributed by atoms with Gasteiger partial charge >= 0.3 is 0 Å². The first-order valence-corrected chi connectivity index (χ1v) is 7.63. The van der Waals surface area contributed by atoms with E-state index in [2.05, 4.69) is 37.9 Å². The van der Waals surface area contributed by atoms with Crippen LogP contribution in [0.25, 0.3) is 0 Å².